The number of esters is 1. The Balaban J connectivity index is 2.53. The first-order valence-corrected chi connectivity index (χ1v) is 8.73. The average molecular weight is 346 g/mol. The molecule has 0 heterocycles. The van der Waals surface area contributed by atoms with Crippen LogP contribution in [-0.2, 0) is 16.0 Å². The van der Waals surface area contributed by atoms with Crippen LogP contribution in [-0.4, -0.2) is 12.6 Å². The topological polar surface area (TPSA) is 73.9 Å². The van der Waals surface area contributed by atoms with Crippen molar-refractivity contribution in [1.29, 1.82) is 10.5 Å². The van der Waals surface area contributed by atoms with Gasteiger partial charge in [-0.05, 0) is 36.6 Å². The highest BCUT2D eigenvalue weighted by atomic mass is 16.5. The number of nitrogens with zero attached hydrogens (tertiary/aromatic N) is 2. The quantitative estimate of drug-likeness (QED) is 0.698. The zero-order chi connectivity index (χ0) is 19.0. The van der Waals surface area contributed by atoms with Crippen molar-refractivity contribution in [2.45, 2.75) is 32.6 Å². The van der Waals surface area contributed by atoms with Gasteiger partial charge in [0.1, 0.15) is 0 Å². The minimum Gasteiger partial charge on any atom is -0.465 e. The molecule has 2 rings (SSSR count). The summed E-state index contributed by atoms with van der Waals surface area (Å²) in [7, 11) is 0. The van der Waals surface area contributed by atoms with Crippen molar-refractivity contribution in [3.05, 3.63) is 71.3 Å². The maximum absolute atomic E-state index is 12.9. The van der Waals surface area contributed by atoms with Crippen LogP contribution in [0.5, 0.6) is 0 Å². The molecule has 0 amide bonds. The predicted molar refractivity (Wildman–Crippen MR) is 99.0 cm³/mol. The van der Waals surface area contributed by atoms with E-state index < -0.39 is 11.4 Å². The van der Waals surface area contributed by atoms with Gasteiger partial charge in [-0.25, -0.2) is 0 Å². The monoisotopic (exact) mass is 346 g/mol. The third-order valence-corrected chi connectivity index (χ3v) is 4.61. The maximum atomic E-state index is 12.9. The molecule has 0 radical (unpaired) electrons. The molecule has 0 N–H and O–H groups in total. The van der Waals surface area contributed by atoms with Gasteiger partial charge in [0.05, 0.1) is 24.3 Å². The van der Waals surface area contributed by atoms with Crippen molar-refractivity contribution < 1.29 is 9.53 Å². The third kappa shape index (κ3) is 3.92. The molecule has 0 aromatic heterocycles. The fourth-order valence-corrected chi connectivity index (χ4v) is 3.34. The van der Waals surface area contributed by atoms with Gasteiger partial charge in [0.15, 0.2) is 5.41 Å². The van der Waals surface area contributed by atoms with Gasteiger partial charge in [-0.3, -0.25) is 4.79 Å². The van der Waals surface area contributed by atoms with Crippen LogP contribution in [0, 0.1) is 28.1 Å². The lowest BCUT2D eigenvalue weighted by Crippen LogP contribution is -2.39. The summed E-state index contributed by atoms with van der Waals surface area (Å²) in [6, 6.07) is 21.0. The van der Waals surface area contributed by atoms with Gasteiger partial charge < -0.3 is 4.74 Å². The van der Waals surface area contributed by atoms with E-state index in [0.29, 0.717) is 12.0 Å². The summed E-state index contributed by atoms with van der Waals surface area (Å²) in [6.45, 7) is 3.92. The zero-order valence-electron chi connectivity index (χ0n) is 15.1. The first-order valence-electron chi connectivity index (χ1n) is 8.73. The van der Waals surface area contributed by atoms with E-state index in [1.807, 2.05) is 49.4 Å². The smallest absolute Gasteiger partial charge is 0.327 e. The fraction of sp³-hybridized carbons (Fsp3) is 0.318. The third-order valence-electron chi connectivity index (χ3n) is 4.61. The Morgan fingerprint density at radius 2 is 1.73 bits per heavy atom. The minimum atomic E-state index is -1.32. The van der Waals surface area contributed by atoms with Crippen molar-refractivity contribution in [2.24, 2.45) is 5.41 Å². The van der Waals surface area contributed by atoms with E-state index in [2.05, 4.69) is 12.1 Å². The van der Waals surface area contributed by atoms with E-state index in [1.54, 1.807) is 19.1 Å². The molecule has 4 nitrogen and oxygen atoms in total. The summed E-state index contributed by atoms with van der Waals surface area (Å²) < 4.78 is 5.31. The number of ether oxygens (including phenoxy) is 1. The molecule has 2 aromatic rings. The Labute approximate surface area is 154 Å². The Morgan fingerprint density at radius 3 is 2.23 bits per heavy atom. The number of hydrogen-bond donors (Lipinski definition) is 0. The van der Waals surface area contributed by atoms with E-state index in [1.165, 1.54) is 0 Å². The van der Waals surface area contributed by atoms with Crippen molar-refractivity contribution >= 4 is 5.97 Å². The van der Waals surface area contributed by atoms with Crippen LogP contribution in [0.3, 0.4) is 0 Å². The molecular weight excluding hydrogens is 324 g/mol. The van der Waals surface area contributed by atoms with Crippen molar-refractivity contribution in [2.75, 3.05) is 6.61 Å². The van der Waals surface area contributed by atoms with E-state index >= 15 is 0 Å². The molecule has 0 spiro atoms. The van der Waals surface area contributed by atoms with E-state index in [-0.39, 0.29) is 18.9 Å². The second-order valence-corrected chi connectivity index (χ2v) is 6.16. The summed E-state index contributed by atoms with van der Waals surface area (Å²) >= 11 is 0. The van der Waals surface area contributed by atoms with Gasteiger partial charge in [0, 0.05) is 12.3 Å². The number of hydrogen-bond acceptors (Lipinski definition) is 4. The molecule has 0 bridgehead atoms. The fourth-order valence-electron chi connectivity index (χ4n) is 3.34. The molecule has 132 valence electrons. The number of benzene rings is 2. The average Bonchev–Trinajstić information content (AvgIpc) is 2.69. The summed E-state index contributed by atoms with van der Waals surface area (Å²) in [5.74, 6) is -0.831. The first-order chi connectivity index (χ1) is 12.6. The molecule has 0 saturated heterocycles. The Hall–Kier alpha value is -3.11. The number of nitriles is 2. The molecule has 2 unspecified atom stereocenters. The van der Waals surface area contributed by atoms with Gasteiger partial charge in [-0.15, -0.1) is 0 Å². The molecule has 0 aliphatic carbocycles. The minimum absolute atomic E-state index is 0.223. The van der Waals surface area contributed by atoms with Crippen LogP contribution in [0.4, 0.5) is 0 Å². The van der Waals surface area contributed by atoms with Crippen LogP contribution in [0.2, 0.25) is 0 Å². The number of rotatable bonds is 7. The Morgan fingerprint density at radius 1 is 1.08 bits per heavy atom. The molecule has 26 heavy (non-hydrogen) atoms. The normalized spacial score (nSPS) is 13.7. The number of carbonyl (C=O) groups is 1. The summed E-state index contributed by atoms with van der Waals surface area (Å²) in [5.41, 5.74) is 0.997. The summed E-state index contributed by atoms with van der Waals surface area (Å²) in [5, 5.41) is 19.1. The highest BCUT2D eigenvalue weighted by molar-refractivity contribution is 5.82. The van der Waals surface area contributed by atoms with Gasteiger partial charge in [-0.1, -0.05) is 49.4 Å². The van der Waals surface area contributed by atoms with Gasteiger partial charge in [0.25, 0.3) is 0 Å². The molecular formula is C22H22N2O2. The highest BCUT2D eigenvalue weighted by Gasteiger charge is 2.47. The SMILES string of the molecule is CCOC(=O)C(C#N)(Cc1ccccc1)C(CC)c1ccc(C#N)cc1. The van der Waals surface area contributed by atoms with Crippen LogP contribution >= 0.6 is 0 Å². The Bertz CT molecular complexity index is 816. The zero-order valence-corrected chi connectivity index (χ0v) is 15.1. The largest absolute Gasteiger partial charge is 0.465 e. The lowest BCUT2D eigenvalue weighted by atomic mass is 9.68. The second-order valence-electron chi connectivity index (χ2n) is 6.16. The van der Waals surface area contributed by atoms with Crippen molar-refractivity contribution in [1.82, 2.24) is 0 Å². The van der Waals surface area contributed by atoms with Gasteiger partial charge in [-0.2, -0.15) is 10.5 Å². The lowest BCUT2D eigenvalue weighted by molar-refractivity contribution is -0.153. The summed E-state index contributed by atoms with van der Waals surface area (Å²) in [4.78, 5) is 12.9. The molecule has 0 saturated carbocycles. The van der Waals surface area contributed by atoms with Gasteiger partial charge >= 0.3 is 5.97 Å². The van der Waals surface area contributed by atoms with Crippen LogP contribution in [0.1, 0.15) is 42.9 Å². The number of carbonyl (C=O) groups excluding carboxylic acids is 1. The molecule has 0 fully saturated rings. The van der Waals surface area contributed by atoms with E-state index in [0.717, 1.165) is 11.1 Å². The van der Waals surface area contributed by atoms with Crippen LogP contribution < -0.4 is 0 Å². The maximum Gasteiger partial charge on any atom is 0.327 e. The molecule has 2 atom stereocenters. The van der Waals surface area contributed by atoms with Gasteiger partial charge in [0.2, 0.25) is 0 Å². The molecule has 4 heteroatoms. The van der Waals surface area contributed by atoms with Crippen LogP contribution in [0.25, 0.3) is 0 Å². The molecule has 2 aromatic carbocycles. The van der Waals surface area contributed by atoms with Crippen molar-refractivity contribution in [3.63, 3.8) is 0 Å². The molecule has 0 aliphatic rings. The molecule has 0 aliphatic heterocycles. The van der Waals surface area contributed by atoms with Crippen molar-refractivity contribution in [3.8, 4) is 12.1 Å². The predicted octanol–water partition coefficient (Wildman–Crippen LogP) is 4.37. The Kier molecular flexibility index (Phi) is 6.53. The summed E-state index contributed by atoms with van der Waals surface area (Å²) in [6.07, 6.45) is 0.882. The first kappa shape index (κ1) is 19.2. The van der Waals surface area contributed by atoms with Crippen LogP contribution in [0.15, 0.2) is 54.6 Å². The second kappa shape index (κ2) is 8.83. The standard InChI is InChI=1S/C22H22N2O2/c1-3-20(19-12-10-18(15-23)11-13-19)22(16-24,21(25)26-4-2)14-17-8-6-5-7-9-17/h5-13,20H,3-4,14H2,1-2H3. The lowest BCUT2D eigenvalue weighted by Gasteiger charge is -2.33. The highest BCUT2D eigenvalue weighted by Crippen LogP contribution is 2.42. The van der Waals surface area contributed by atoms with E-state index in [4.69, 9.17) is 10.00 Å². The van der Waals surface area contributed by atoms with E-state index in [9.17, 15) is 10.1 Å².